The highest BCUT2D eigenvalue weighted by atomic mass is 35.5. The van der Waals surface area contributed by atoms with Gasteiger partial charge >= 0.3 is 5.97 Å². The predicted octanol–water partition coefficient (Wildman–Crippen LogP) is 4.73. The Morgan fingerprint density at radius 1 is 1.09 bits per heavy atom. The van der Waals surface area contributed by atoms with Crippen LogP contribution in [0.3, 0.4) is 0 Å². The molecule has 0 aromatic heterocycles. The number of cyclic esters (lactones) is 1. The van der Waals surface area contributed by atoms with Gasteiger partial charge in [0, 0.05) is 18.9 Å². The van der Waals surface area contributed by atoms with Gasteiger partial charge in [0.2, 0.25) is 11.8 Å². The van der Waals surface area contributed by atoms with E-state index in [0.717, 1.165) is 0 Å². The number of esters is 1. The molecule has 1 heterocycles. The molecule has 4 N–H and O–H groups in total. The number of carbonyl (C=O) groups excluding carboxylic acids is 3. The summed E-state index contributed by atoms with van der Waals surface area (Å²) in [6, 6.07) is 13.2. The number of nitrogens with one attached hydrogen (secondary N) is 2. The highest BCUT2D eigenvalue weighted by Gasteiger charge is 2.35. The molecule has 47 heavy (non-hydrogen) atoms. The average molecular weight is 694 g/mol. The number of aliphatic hydroxyl groups excluding tert-OH is 2. The van der Waals surface area contributed by atoms with Gasteiger partial charge in [-0.15, -0.1) is 11.6 Å². The van der Waals surface area contributed by atoms with E-state index >= 15 is 0 Å². The summed E-state index contributed by atoms with van der Waals surface area (Å²) in [5.74, 6) is -2.59. The fourth-order valence-corrected chi connectivity index (χ4v) is 5.86. The lowest BCUT2D eigenvalue weighted by Gasteiger charge is -2.34. The number of halogens is 2. The second kappa shape index (κ2) is 18.4. The first-order valence-corrected chi connectivity index (χ1v) is 16.6. The standard InChI is InChI=1S/C35H46Cl2N2O8/c1-20(2)16-29-35(44)46-27(22(4)32(41)31(37)24-10-7-6-8-11-24)12-9-13-30(40)39-26(33(42)38-19-21(3)34(43)47-29)18-23-14-15-28(45-5)25(36)17-23/h6-11,13-15,17,20-22,26-27,29,31-32,35,41,44H,12,16,18-19H2,1-5H3,(H,38,42)(H,39,40)/t21?,22-,26+,27-,29-,31-,32+,35+/m0/s1. The number of benzene rings is 2. The molecular weight excluding hydrogens is 647 g/mol. The Morgan fingerprint density at radius 3 is 2.43 bits per heavy atom. The zero-order valence-corrected chi connectivity index (χ0v) is 28.9. The zero-order chi connectivity index (χ0) is 34.7. The number of ether oxygens (including phenoxy) is 3. The van der Waals surface area contributed by atoms with Crippen LogP contribution in [0.1, 0.15) is 57.0 Å². The Kier molecular flexibility index (Phi) is 15.0. The van der Waals surface area contributed by atoms with Crippen molar-refractivity contribution in [2.24, 2.45) is 17.8 Å². The van der Waals surface area contributed by atoms with Crippen LogP contribution in [0.4, 0.5) is 0 Å². The molecule has 0 radical (unpaired) electrons. The fraction of sp³-hybridized carbons (Fsp3) is 0.514. The van der Waals surface area contributed by atoms with Crippen LogP contribution in [-0.4, -0.2) is 72.3 Å². The van der Waals surface area contributed by atoms with Crippen LogP contribution in [-0.2, 0) is 30.3 Å². The molecule has 258 valence electrons. The van der Waals surface area contributed by atoms with E-state index < -0.39 is 65.6 Å². The first kappa shape index (κ1) is 38.3. The molecule has 0 saturated heterocycles. The molecule has 0 bridgehead atoms. The lowest BCUT2D eigenvalue weighted by molar-refractivity contribution is -0.220. The predicted molar refractivity (Wildman–Crippen MR) is 180 cm³/mol. The molecule has 0 spiro atoms. The number of hydrogen-bond acceptors (Lipinski definition) is 8. The first-order valence-electron chi connectivity index (χ1n) is 15.8. The van der Waals surface area contributed by atoms with Gasteiger partial charge in [-0.05, 0) is 48.1 Å². The molecule has 3 rings (SSSR count). The monoisotopic (exact) mass is 692 g/mol. The lowest BCUT2D eigenvalue weighted by Crippen LogP contribution is -2.49. The number of hydrogen-bond donors (Lipinski definition) is 4. The summed E-state index contributed by atoms with van der Waals surface area (Å²) in [6.07, 6.45) is -1.19. The number of methoxy groups -OCH3 is 1. The maximum Gasteiger partial charge on any atom is 0.310 e. The quantitative estimate of drug-likeness (QED) is 0.218. The molecule has 1 aliphatic rings. The molecule has 12 heteroatoms. The SMILES string of the molecule is COc1ccc(C[C@H]2NC(=O)C=CC[C@@H]([C@H](C)[C@@H](O)[C@@H](Cl)c3ccccc3)O[C@@H](O)[C@H](CC(C)C)OC(=O)C(C)CNC2=O)cc1Cl. The Bertz CT molecular complexity index is 1360. The van der Waals surface area contributed by atoms with Crippen LogP contribution in [0, 0.1) is 17.8 Å². The van der Waals surface area contributed by atoms with Crippen LogP contribution >= 0.6 is 23.2 Å². The number of amides is 2. The van der Waals surface area contributed by atoms with Gasteiger partial charge in [0.1, 0.15) is 11.8 Å². The molecule has 8 atom stereocenters. The van der Waals surface area contributed by atoms with Crippen LogP contribution < -0.4 is 15.4 Å². The number of rotatable bonds is 9. The molecule has 1 aliphatic heterocycles. The highest BCUT2D eigenvalue weighted by Crippen LogP contribution is 2.32. The molecule has 1 unspecified atom stereocenters. The molecule has 2 aromatic rings. The van der Waals surface area contributed by atoms with Crippen LogP contribution in [0.2, 0.25) is 5.02 Å². The van der Waals surface area contributed by atoms with Crippen LogP contribution in [0.5, 0.6) is 5.75 Å². The van der Waals surface area contributed by atoms with E-state index in [0.29, 0.717) is 28.3 Å². The third-order valence-electron chi connectivity index (χ3n) is 8.06. The van der Waals surface area contributed by atoms with Gasteiger partial charge in [-0.1, -0.05) is 81.8 Å². The summed E-state index contributed by atoms with van der Waals surface area (Å²) in [5.41, 5.74) is 1.39. The van der Waals surface area contributed by atoms with Crippen molar-refractivity contribution in [3.63, 3.8) is 0 Å². The minimum absolute atomic E-state index is 0.0363. The maximum absolute atomic E-state index is 13.3. The van der Waals surface area contributed by atoms with Gasteiger partial charge in [0.25, 0.3) is 0 Å². The van der Waals surface area contributed by atoms with Crippen LogP contribution in [0.25, 0.3) is 0 Å². The van der Waals surface area contributed by atoms with E-state index in [9.17, 15) is 24.6 Å². The van der Waals surface area contributed by atoms with E-state index in [1.165, 1.54) is 19.3 Å². The number of alkyl halides is 1. The van der Waals surface area contributed by atoms with E-state index in [1.54, 1.807) is 44.2 Å². The minimum Gasteiger partial charge on any atom is -0.495 e. The Hall–Kier alpha value is -3.15. The van der Waals surface area contributed by atoms with E-state index in [2.05, 4.69) is 10.6 Å². The van der Waals surface area contributed by atoms with Gasteiger partial charge in [0.05, 0.1) is 35.6 Å². The van der Waals surface area contributed by atoms with Crippen molar-refractivity contribution in [3.8, 4) is 5.75 Å². The van der Waals surface area contributed by atoms with Gasteiger partial charge in [-0.3, -0.25) is 14.4 Å². The van der Waals surface area contributed by atoms with Gasteiger partial charge in [-0.25, -0.2) is 0 Å². The molecule has 0 fully saturated rings. The summed E-state index contributed by atoms with van der Waals surface area (Å²) >= 11 is 13.0. The second-order valence-electron chi connectivity index (χ2n) is 12.4. The third-order valence-corrected chi connectivity index (χ3v) is 8.86. The van der Waals surface area contributed by atoms with E-state index in [1.807, 2.05) is 32.0 Å². The van der Waals surface area contributed by atoms with E-state index in [-0.39, 0.29) is 25.3 Å². The summed E-state index contributed by atoms with van der Waals surface area (Å²) < 4.78 is 17.0. The smallest absolute Gasteiger partial charge is 0.310 e. The summed E-state index contributed by atoms with van der Waals surface area (Å²) in [5, 5.41) is 27.5. The summed E-state index contributed by atoms with van der Waals surface area (Å²) in [6.45, 7) is 7.09. The van der Waals surface area contributed by atoms with Crippen molar-refractivity contribution in [1.82, 2.24) is 10.6 Å². The minimum atomic E-state index is -1.54. The van der Waals surface area contributed by atoms with Crippen molar-refractivity contribution in [1.29, 1.82) is 0 Å². The molecule has 2 aromatic carbocycles. The third kappa shape index (κ3) is 11.5. The largest absolute Gasteiger partial charge is 0.495 e. The van der Waals surface area contributed by atoms with E-state index in [4.69, 9.17) is 37.4 Å². The Balaban J connectivity index is 1.92. The average Bonchev–Trinajstić information content (AvgIpc) is 3.04. The van der Waals surface area contributed by atoms with Gasteiger partial charge in [0.15, 0.2) is 12.4 Å². The normalized spacial score (nSPS) is 25.3. The molecule has 0 saturated carbocycles. The first-order chi connectivity index (χ1) is 22.3. The summed E-state index contributed by atoms with van der Waals surface area (Å²) in [7, 11) is 1.50. The highest BCUT2D eigenvalue weighted by molar-refractivity contribution is 6.32. The van der Waals surface area contributed by atoms with Gasteiger partial charge < -0.3 is 35.1 Å². The topological polar surface area (TPSA) is 143 Å². The maximum atomic E-state index is 13.3. The van der Waals surface area contributed by atoms with Gasteiger partial charge in [-0.2, -0.15) is 0 Å². The fourth-order valence-electron chi connectivity index (χ4n) is 5.21. The van der Waals surface area contributed by atoms with Crippen molar-refractivity contribution in [3.05, 3.63) is 76.8 Å². The molecule has 2 amide bonds. The van der Waals surface area contributed by atoms with Crippen LogP contribution in [0.15, 0.2) is 60.7 Å². The number of carbonyl (C=O) groups is 3. The number of aliphatic hydroxyl groups is 2. The molecular formula is C35H46Cl2N2O8. The lowest BCUT2D eigenvalue weighted by atomic mass is 9.90. The van der Waals surface area contributed by atoms with Crippen molar-refractivity contribution in [2.75, 3.05) is 13.7 Å². The van der Waals surface area contributed by atoms with Crippen molar-refractivity contribution in [2.45, 2.75) is 83.0 Å². The summed E-state index contributed by atoms with van der Waals surface area (Å²) in [4.78, 5) is 39.5. The zero-order valence-electron chi connectivity index (χ0n) is 27.4. The Morgan fingerprint density at radius 2 is 1.79 bits per heavy atom. The second-order valence-corrected chi connectivity index (χ2v) is 13.2. The molecule has 0 aliphatic carbocycles. The van der Waals surface area contributed by atoms with Crippen molar-refractivity contribution < 1.29 is 38.8 Å². The van der Waals surface area contributed by atoms with Crippen molar-refractivity contribution >= 4 is 41.0 Å². The Labute approximate surface area is 286 Å². The molecule has 10 nitrogen and oxygen atoms in total.